The average Bonchev–Trinajstić information content (AvgIpc) is 3.36. The lowest BCUT2D eigenvalue weighted by atomic mass is 10.2. The fraction of sp³-hybridized carbons (Fsp3) is 0.364. The van der Waals surface area contributed by atoms with Crippen molar-refractivity contribution in [3.63, 3.8) is 0 Å². The number of nitrogens with zero attached hydrogens (tertiary/aromatic N) is 2. The molecular formula is C22H23ClN2O2S2. The maximum absolute atomic E-state index is 13.4. The van der Waals surface area contributed by atoms with Crippen molar-refractivity contribution in [1.29, 1.82) is 0 Å². The first-order chi connectivity index (χ1) is 14.0. The number of carbonyl (C=O) groups is 1. The van der Waals surface area contributed by atoms with Gasteiger partial charge in [-0.3, -0.25) is 9.69 Å². The van der Waals surface area contributed by atoms with Crippen LogP contribution in [0.5, 0.6) is 0 Å². The predicted molar refractivity (Wildman–Crippen MR) is 123 cm³/mol. The number of amides is 1. The van der Waals surface area contributed by atoms with Gasteiger partial charge in [0.2, 0.25) is 0 Å². The molecule has 1 unspecified atom stereocenters. The minimum absolute atomic E-state index is 0.0450. The first kappa shape index (κ1) is 20.7. The molecule has 0 aliphatic carbocycles. The van der Waals surface area contributed by atoms with Crippen molar-refractivity contribution in [2.75, 3.05) is 23.8 Å². The second-order valence-electron chi connectivity index (χ2n) is 7.07. The first-order valence-corrected chi connectivity index (χ1v) is 12.0. The summed E-state index contributed by atoms with van der Waals surface area (Å²) < 4.78 is 6.81. The summed E-state index contributed by atoms with van der Waals surface area (Å²) in [5, 5.41) is 1.38. The van der Waals surface area contributed by atoms with E-state index < -0.39 is 0 Å². The molecule has 0 N–H and O–H groups in total. The molecule has 4 rings (SSSR count). The fourth-order valence-corrected chi connectivity index (χ4v) is 5.60. The Bertz CT molecular complexity index is 1010. The van der Waals surface area contributed by atoms with Gasteiger partial charge in [0.1, 0.15) is 0 Å². The SMILES string of the molecule is CCSc1ccc(C(=O)N(CC2CCCO2)c2nc3c(C)cc(Cl)cc3s2)cc1. The summed E-state index contributed by atoms with van der Waals surface area (Å²) in [4.78, 5) is 21.2. The zero-order chi connectivity index (χ0) is 20.4. The highest BCUT2D eigenvalue weighted by atomic mass is 35.5. The second kappa shape index (κ2) is 9.04. The van der Waals surface area contributed by atoms with E-state index in [4.69, 9.17) is 21.3 Å². The predicted octanol–water partition coefficient (Wildman–Crippen LogP) is 6.20. The van der Waals surface area contributed by atoms with Crippen LogP contribution in [0, 0.1) is 6.92 Å². The van der Waals surface area contributed by atoms with Crippen LogP contribution >= 0.6 is 34.7 Å². The summed E-state index contributed by atoms with van der Waals surface area (Å²) in [6, 6.07) is 11.6. The summed E-state index contributed by atoms with van der Waals surface area (Å²) in [6.45, 7) is 5.38. The number of aryl methyl sites for hydroxylation is 1. The zero-order valence-corrected chi connectivity index (χ0v) is 18.9. The standard InChI is InChI=1S/C22H23ClN2O2S2/c1-3-28-18-8-6-15(7-9-18)21(26)25(13-17-5-4-10-27-17)22-24-20-14(2)11-16(23)12-19(20)29-22/h6-9,11-12,17H,3-5,10,13H2,1-2H3. The lowest BCUT2D eigenvalue weighted by Gasteiger charge is -2.23. The number of halogens is 1. The Hall–Kier alpha value is -1.60. The number of fused-ring (bicyclic) bond motifs is 1. The largest absolute Gasteiger partial charge is 0.376 e. The fourth-order valence-electron chi connectivity index (χ4n) is 3.51. The number of thioether (sulfide) groups is 1. The number of thiazole rings is 1. The van der Waals surface area contributed by atoms with Gasteiger partial charge >= 0.3 is 0 Å². The summed E-state index contributed by atoms with van der Waals surface area (Å²) in [7, 11) is 0. The molecule has 4 nitrogen and oxygen atoms in total. The molecule has 152 valence electrons. The van der Waals surface area contributed by atoms with E-state index in [2.05, 4.69) is 6.92 Å². The zero-order valence-electron chi connectivity index (χ0n) is 16.5. The van der Waals surface area contributed by atoms with Gasteiger partial charge in [0.15, 0.2) is 5.13 Å². The number of carbonyl (C=O) groups excluding carboxylic acids is 1. The minimum atomic E-state index is -0.0450. The van der Waals surface area contributed by atoms with E-state index in [0.29, 0.717) is 22.3 Å². The number of anilines is 1. The topological polar surface area (TPSA) is 42.4 Å². The summed E-state index contributed by atoms with van der Waals surface area (Å²) in [5.41, 5.74) is 2.58. The molecule has 1 fully saturated rings. The molecule has 1 aromatic heterocycles. The molecule has 1 amide bonds. The molecule has 2 aromatic carbocycles. The van der Waals surface area contributed by atoms with Crippen LogP contribution in [0.1, 0.15) is 35.7 Å². The molecule has 1 atom stereocenters. The number of rotatable bonds is 6. The Labute approximate surface area is 184 Å². The molecule has 2 heterocycles. The first-order valence-electron chi connectivity index (χ1n) is 9.78. The van der Waals surface area contributed by atoms with Crippen LogP contribution in [0.25, 0.3) is 10.2 Å². The van der Waals surface area contributed by atoms with E-state index in [1.165, 1.54) is 16.2 Å². The lowest BCUT2D eigenvalue weighted by Crippen LogP contribution is -2.37. The van der Waals surface area contributed by atoms with Crippen LogP contribution in [0.2, 0.25) is 5.02 Å². The van der Waals surface area contributed by atoms with Gasteiger partial charge < -0.3 is 4.74 Å². The maximum atomic E-state index is 13.4. The van der Waals surface area contributed by atoms with Crippen molar-refractivity contribution in [2.45, 2.75) is 37.7 Å². The molecule has 0 bridgehead atoms. The van der Waals surface area contributed by atoms with Crippen LogP contribution in [0.4, 0.5) is 5.13 Å². The van der Waals surface area contributed by atoms with Gasteiger partial charge in [-0.15, -0.1) is 11.8 Å². The Kier molecular flexibility index (Phi) is 6.44. The summed E-state index contributed by atoms with van der Waals surface area (Å²) in [5.74, 6) is 0.961. The van der Waals surface area contributed by atoms with Crippen LogP contribution in [-0.4, -0.2) is 35.9 Å². The van der Waals surface area contributed by atoms with Crippen molar-refractivity contribution in [3.8, 4) is 0 Å². The molecule has 29 heavy (non-hydrogen) atoms. The molecule has 0 saturated carbocycles. The van der Waals surface area contributed by atoms with E-state index >= 15 is 0 Å². The van der Waals surface area contributed by atoms with Crippen molar-refractivity contribution in [1.82, 2.24) is 4.98 Å². The van der Waals surface area contributed by atoms with Gasteiger partial charge in [0, 0.05) is 22.1 Å². The Morgan fingerprint density at radius 1 is 1.34 bits per heavy atom. The second-order valence-corrected chi connectivity index (χ2v) is 9.86. The number of hydrogen-bond donors (Lipinski definition) is 0. The Balaban J connectivity index is 1.69. The molecule has 0 spiro atoms. The van der Waals surface area contributed by atoms with Crippen LogP contribution in [0.3, 0.4) is 0 Å². The molecule has 3 aromatic rings. The van der Waals surface area contributed by atoms with E-state index in [9.17, 15) is 4.79 Å². The van der Waals surface area contributed by atoms with E-state index in [1.54, 1.807) is 16.7 Å². The molecule has 7 heteroatoms. The highest BCUT2D eigenvalue weighted by Gasteiger charge is 2.27. The van der Waals surface area contributed by atoms with Gasteiger partial charge in [0.25, 0.3) is 5.91 Å². The third-order valence-corrected chi connectivity index (χ3v) is 7.08. The third-order valence-electron chi connectivity index (χ3n) is 4.94. The number of aromatic nitrogens is 1. The highest BCUT2D eigenvalue weighted by Crippen LogP contribution is 2.34. The quantitative estimate of drug-likeness (QED) is 0.423. The number of ether oxygens (including phenoxy) is 1. The minimum Gasteiger partial charge on any atom is -0.376 e. The van der Waals surface area contributed by atoms with Gasteiger partial charge in [-0.05, 0) is 67.5 Å². The molecule has 1 saturated heterocycles. The van der Waals surface area contributed by atoms with Crippen LogP contribution < -0.4 is 4.90 Å². The van der Waals surface area contributed by atoms with Crippen LogP contribution in [-0.2, 0) is 4.74 Å². The van der Waals surface area contributed by atoms with E-state index in [-0.39, 0.29) is 12.0 Å². The molecule has 1 aliphatic heterocycles. The Morgan fingerprint density at radius 3 is 2.83 bits per heavy atom. The number of hydrogen-bond acceptors (Lipinski definition) is 5. The van der Waals surface area contributed by atoms with Gasteiger partial charge in [-0.25, -0.2) is 4.98 Å². The molecule has 1 aliphatic rings. The molecular weight excluding hydrogens is 424 g/mol. The monoisotopic (exact) mass is 446 g/mol. The van der Waals surface area contributed by atoms with Crippen molar-refractivity contribution in [3.05, 3.63) is 52.5 Å². The van der Waals surface area contributed by atoms with Crippen molar-refractivity contribution < 1.29 is 9.53 Å². The van der Waals surface area contributed by atoms with E-state index in [1.807, 2.05) is 43.3 Å². The van der Waals surface area contributed by atoms with Crippen molar-refractivity contribution in [2.24, 2.45) is 0 Å². The van der Waals surface area contributed by atoms with E-state index in [0.717, 1.165) is 41.0 Å². The van der Waals surface area contributed by atoms with Gasteiger partial charge in [-0.1, -0.05) is 29.9 Å². The maximum Gasteiger partial charge on any atom is 0.260 e. The third kappa shape index (κ3) is 4.61. The van der Waals surface area contributed by atoms with Crippen molar-refractivity contribution >= 4 is 56.0 Å². The summed E-state index contributed by atoms with van der Waals surface area (Å²) in [6.07, 6.45) is 2.04. The Morgan fingerprint density at radius 2 is 2.14 bits per heavy atom. The number of benzene rings is 2. The van der Waals surface area contributed by atoms with Gasteiger partial charge in [-0.2, -0.15) is 0 Å². The van der Waals surface area contributed by atoms with Gasteiger partial charge in [0.05, 0.1) is 22.9 Å². The highest BCUT2D eigenvalue weighted by molar-refractivity contribution is 7.99. The summed E-state index contributed by atoms with van der Waals surface area (Å²) >= 11 is 9.49. The molecule has 0 radical (unpaired) electrons. The van der Waals surface area contributed by atoms with Crippen LogP contribution in [0.15, 0.2) is 41.3 Å². The lowest BCUT2D eigenvalue weighted by molar-refractivity contribution is 0.0917. The average molecular weight is 447 g/mol. The normalized spacial score (nSPS) is 16.4. The smallest absolute Gasteiger partial charge is 0.260 e.